The van der Waals surface area contributed by atoms with Gasteiger partial charge in [-0.1, -0.05) is 66.7 Å². The van der Waals surface area contributed by atoms with Crippen molar-refractivity contribution in [2.75, 3.05) is 0 Å². The van der Waals surface area contributed by atoms with E-state index in [-0.39, 0.29) is 41.1 Å². The molecule has 0 amide bonds. The molecular weight excluding hydrogens is 295 g/mol. The molecule has 0 aromatic heterocycles. The van der Waals surface area contributed by atoms with Crippen LogP contribution in [0.5, 0.6) is 0 Å². The molecule has 0 nitrogen and oxygen atoms in total. The van der Waals surface area contributed by atoms with Crippen LogP contribution in [0.15, 0.2) is 0 Å². The number of rotatable bonds is 0. The topological polar surface area (TPSA) is 0 Å². The molecule has 1 heteroatoms. The van der Waals surface area contributed by atoms with Crippen LogP contribution in [0.3, 0.4) is 0 Å². The van der Waals surface area contributed by atoms with E-state index in [2.05, 4.69) is 34.6 Å². The Bertz CT molecular complexity index is 122. The predicted molar refractivity (Wildman–Crippen MR) is 81.7 cm³/mol. The van der Waals surface area contributed by atoms with Gasteiger partial charge in [-0.2, -0.15) is 0 Å². The Kier molecular flexibility index (Phi) is 15.5. The third kappa shape index (κ3) is 6.36. The molecule has 18 heavy (non-hydrogen) atoms. The first-order chi connectivity index (χ1) is 7.05. The van der Waals surface area contributed by atoms with Crippen molar-refractivity contribution < 1.29 is 26.2 Å². The molecule has 0 aromatic rings. The minimum Gasteiger partial charge on any atom is -0.358 e. The molecule has 2 rings (SSSR count). The summed E-state index contributed by atoms with van der Waals surface area (Å²) < 4.78 is 0. The van der Waals surface area contributed by atoms with Crippen LogP contribution in [0.4, 0.5) is 0 Å². The number of hydrogen-bond acceptors (Lipinski definition) is 0. The molecule has 2 fully saturated rings. The van der Waals surface area contributed by atoms with Crippen LogP contribution >= 0.6 is 0 Å². The summed E-state index contributed by atoms with van der Waals surface area (Å²) in [6.07, 6.45) is 7.50. The molecule has 0 saturated heterocycles. The van der Waals surface area contributed by atoms with E-state index in [1.54, 1.807) is 0 Å². The zero-order valence-corrected chi connectivity index (χ0v) is 16.4. The van der Waals surface area contributed by atoms with Gasteiger partial charge in [-0.05, 0) is 29.6 Å². The van der Waals surface area contributed by atoms with E-state index in [0.29, 0.717) is 0 Å². The second-order valence-electron chi connectivity index (χ2n) is 6.06. The predicted octanol–water partition coefficient (Wildman–Crippen LogP) is 6.03. The van der Waals surface area contributed by atoms with Gasteiger partial charge in [-0.25, -0.2) is 0 Å². The first-order valence-corrected chi connectivity index (χ1v) is 7.05. The van der Waals surface area contributed by atoms with Gasteiger partial charge >= 0.3 is 26.2 Å². The van der Waals surface area contributed by atoms with Crippen molar-refractivity contribution in [3.05, 3.63) is 14.9 Å². The summed E-state index contributed by atoms with van der Waals surface area (Å²) >= 11 is 0. The summed E-state index contributed by atoms with van der Waals surface area (Å²) in [5.74, 6) is 4.68. The van der Waals surface area contributed by atoms with Crippen LogP contribution in [-0.4, -0.2) is 0 Å². The van der Waals surface area contributed by atoms with Crippen molar-refractivity contribution in [3.63, 3.8) is 0 Å². The molecule has 0 atom stereocenters. The molecule has 0 aromatic carbocycles. The van der Waals surface area contributed by atoms with Gasteiger partial charge in [0.25, 0.3) is 0 Å². The zero-order valence-electron chi connectivity index (χ0n) is 13.9. The molecule has 106 valence electrons. The Morgan fingerprint density at radius 1 is 0.444 bits per heavy atom. The molecular formula is C17H36Zr+2. The Balaban J connectivity index is -0.000000245. The van der Waals surface area contributed by atoms with E-state index < -0.39 is 0 Å². The largest absolute Gasteiger partial charge is 4.00 e. The second-order valence-corrected chi connectivity index (χ2v) is 6.06. The minimum atomic E-state index is 0. The van der Waals surface area contributed by atoms with E-state index in [1.165, 1.54) is 32.1 Å². The van der Waals surface area contributed by atoms with Gasteiger partial charge in [-0.3, -0.25) is 0 Å². The van der Waals surface area contributed by atoms with Gasteiger partial charge in [0, 0.05) is 0 Å². The van der Waals surface area contributed by atoms with Crippen molar-refractivity contribution in [1.29, 1.82) is 0 Å². The average Bonchev–Trinajstić information content (AvgIpc) is 2.86. The third-order valence-corrected chi connectivity index (χ3v) is 5.40. The first kappa shape index (κ1) is 23.9. The van der Waals surface area contributed by atoms with Crippen LogP contribution in [0.1, 0.15) is 66.7 Å². The summed E-state index contributed by atoms with van der Waals surface area (Å²) in [7, 11) is 0. The maximum absolute atomic E-state index is 2.40. The molecule has 0 spiro atoms. The van der Waals surface area contributed by atoms with Gasteiger partial charge in [0.05, 0.1) is 0 Å². The van der Waals surface area contributed by atoms with Crippen LogP contribution in [0.2, 0.25) is 0 Å². The summed E-state index contributed by atoms with van der Waals surface area (Å²) in [6, 6.07) is 0. The maximum Gasteiger partial charge on any atom is 4.00 e. The van der Waals surface area contributed by atoms with Crippen LogP contribution in [0, 0.1) is 44.4 Å². The van der Waals surface area contributed by atoms with Gasteiger partial charge in [0.1, 0.15) is 0 Å². The number of hydrogen-bond donors (Lipinski definition) is 0. The fourth-order valence-corrected chi connectivity index (χ4v) is 3.28. The summed E-state index contributed by atoms with van der Waals surface area (Å²) in [5.41, 5.74) is 0. The minimum absolute atomic E-state index is 0. The molecule has 0 unspecified atom stereocenters. The Morgan fingerprint density at radius 3 is 0.667 bits per heavy atom. The molecule has 0 heterocycles. The van der Waals surface area contributed by atoms with Gasteiger partial charge in [-0.15, -0.1) is 0 Å². The molecule has 2 aliphatic carbocycles. The maximum atomic E-state index is 2.40. The Hall–Kier alpha value is 0.883. The molecule has 0 radical (unpaired) electrons. The van der Waals surface area contributed by atoms with Gasteiger partial charge in [0.2, 0.25) is 0 Å². The standard InChI is InChI=1S/C10H20.C5H10.2CH3.Zr/c1-6-7(2)9(4)10(5)8(6)3;1-2-4-5-3-1;;;/h6-10H,1-5H3;1-5H2;2*1H3;/q;;2*-1;+4. The van der Waals surface area contributed by atoms with Crippen molar-refractivity contribution >= 4 is 0 Å². The van der Waals surface area contributed by atoms with Crippen molar-refractivity contribution in [1.82, 2.24) is 0 Å². The average molecular weight is 332 g/mol. The van der Waals surface area contributed by atoms with Crippen molar-refractivity contribution in [2.24, 2.45) is 29.6 Å². The van der Waals surface area contributed by atoms with E-state index in [1.807, 2.05) is 0 Å². The van der Waals surface area contributed by atoms with Crippen molar-refractivity contribution in [2.45, 2.75) is 66.7 Å². The smallest absolute Gasteiger partial charge is 0.358 e. The van der Waals surface area contributed by atoms with Gasteiger partial charge < -0.3 is 14.9 Å². The quantitative estimate of drug-likeness (QED) is 0.475. The van der Waals surface area contributed by atoms with E-state index in [0.717, 1.165) is 29.6 Å². The van der Waals surface area contributed by atoms with Crippen molar-refractivity contribution in [3.8, 4) is 0 Å². The first-order valence-electron chi connectivity index (χ1n) is 7.05. The normalized spacial score (nSPS) is 37.5. The molecule has 0 N–H and O–H groups in total. The molecule has 2 saturated carbocycles. The SMILES string of the molecule is C1CCCC1.CC1C(C)C(C)C(C)C1C.[CH3-].[CH3-].[Zr+4]. The fourth-order valence-electron chi connectivity index (χ4n) is 3.28. The van der Waals surface area contributed by atoms with E-state index in [9.17, 15) is 0 Å². The Morgan fingerprint density at radius 2 is 0.556 bits per heavy atom. The van der Waals surface area contributed by atoms with E-state index in [4.69, 9.17) is 0 Å². The van der Waals surface area contributed by atoms with Gasteiger partial charge in [0.15, 0.2) is 0 Å². The molecule has 2 aliphatic rings. The van der Waals surface area contributed by atoms with Crippen LogP contribution < -0.4 is 0 Å². The van der Waals surface area contributed by atoms with Crippen LogP contribution in [-0.2, 0) is 26.2 Å². The molecule has 0 bridgehead atoms. The third-order valence-electron chi connectivity index (χ3n) is 5.40. The zero-order chi connectivity index (χ0) is 11.4. The van der Waals surface area contributed by atoms with E-state index >= 15 is 0 Å². The monoisotopic (exact) mass is 330 g/mol. The fraction of sp³-hybridized carbons (Fsp3) is 0.882. The van der Waals surface area contributed by atoms with Crippen LogP contribution in [0.25, 0.3) is 0 Å². The molecule has 0 aliphatic heterocycles. The summed E-state index contributed by atoms with van der Waals surface area (Å²) in [5, 5.41) is 0. The Labute approximate surface area is 137 Å². The summed E-state index contributed by atoms with van der Waals surface area (Å²) in [4.78, 5) is 0. The summed E-state index contributed by atoms with van der Waals surface area (Å²) in [6.45, 7) is 12.0. The second kappa shape index (κ2) is 11.7.